The summed E-state index contributed by atoms with van der Waals surface area (Å²) in [5.74, 6) is -3.27. The third-order valence-corrected chi connectivity index (χ3v) is 7.78. The number of nitriles is 1. The third kappa shape index (κ3) is 7.48. The van der Waals surface area contributed by atoms with Crippen molar-refractivity contribution in [2.24, 2.45) is 0 Å². The van der Waals surface area contributed by atoms with Gasteiger partial charge in [-0.2, -0.15) is 5.26 Å². The molecule has 2 unspecified atom stereocenters. The van der Waals surface area contributed by atoms with Gasteiger partial charge in [0, 0.05) is 0 Å². The molecule has 0 saturated carbocycles. The Morgan fingerprint density at radius 3 is 1.39 bits per heavy atom. The molecular weight excluding hydrogens is 658 g/mol. The molecule has 1 saturated heterocycles. The van der Waals surface area contributed by atoms with Crippen molar-refractivity contribution >= 4 is 39.8 Å². The molecule has 1 heterocycles. The van der Waals surface area contributed by atoms with Gasteiger partial charge in [0.05, 0.1) is 22.3 Å². The predicted molar refractivity (Wildman–Crippen MR) is 166 cm³/mol. The van der Waals surface area contributed by atoms with Crippen LogP contribution in [0.5, 0.6) is 0 Å². The molecule has 0 N–H and O–H groups in total. The minimum absolute atomic E-state index is 0.138. The topological polar surface area (TPSA) is 138 Å². The Morgan fingerprint density at radius 2 is 0.978 bits per heavy atom. The molecule has 46 heavy (non-hydrogen) atoms. The highest BCUT2D eigenvalue weighted by molar-refractivity contribution is 9.10. The summed E-state index contributed by atoms with van der Waals surface area (Å²) in [5, 5.41) is 10.3. The summed E-state index contributed by atoms with van der Waals surface area (Å²) >= 11 is 3.25. The zero-order valence-electron chi connectivity index (χ0n) is 24.1. The largest absolute Gasteiger partial charge is 0.459 e. The molecule has 5 atom stereocenters. The molecule has 0 bridgehead atoms. The fourth-order valence-corrected chi connectivity index (χ4v) is 5.28. The second kappa shape index (κ2) is 14.6. The molecule has 10 nitrogen and oxygen atoms in total. The van der Waals surface area contributed by atoms with E-state index in [1.807, 2.05) is 6.07 Å². The summed E-state index contributed by atoms with van der Waals surface area (Å²) in [6.45, 7) is -0.533. The van der Waals surface area contributed by atoms with Crippen molar-refractivity contribution in [1.82, 2.24) is 0 Å². The molecule has 11 heteroatoms. The Balaban J connectivity index is 1.54. The SMILES string of the molecule is N#C[C@]1(Br)OC(COC(=O)c2ccccc2)[C@@H](OC(=O)c2ccccc2)[C@@H](OC(=O)c2ccccc2)C1OC(=O)c1ccccc1. The van der Waals surface area contributed by atoms with Gasteiger partial charge in [-0.1, -0.05) is 72.8 Å². The molecular formula is C35H26BrNO9. The highest BCUT2D eigenvalue weighted by Gasteiger charge is 2.60. The first-order valence-corrected chi connectivity index (χ1v) is 14.9. The van der Waals surface area contributed by atoms with E-state index in [1.165, 1.54) is 36.4 Å². The number of benzene rings is 4. The maximum absolute atomic E-state index is 13.4. The Hall–Kier alpha value is -5.31. The van der Waals surface area contributed by atoms with E-state index in [9.17, 15) is 24.4 Å². The van der Waals surface area contributed by atoms with E-state index in [1.54, 1.807) is 84.9 Å². The molecule has 1 aliphatic rings. The molecule has 4 aromatic rings. The summed E-state index contributed by atoms with van der Waals surface area (Å²) in [7, 11) is 0. The van der Waals surface area contributed by atoms with Crippen LogP contribution in [0.2, 0.25) is 0 Å². The zero-order valence-corrected chi connectivity index (χ0v) is 25.6. The van der Waals surface area contributed by atoms with E-state index in [0.717, 1.165) is 0 Å². The quantitative estimate of drug-likeness (QED) is 0.126. The van der Waals surface area contributed by atoms with Crippen LogP contribution in [-0.2, 0) is 23.7 Å². The summed E-state index contributed by atoms with van der Waals surface area (Å²) in [5.41, 5.74) is 0.673. The first kappa shape index (κ1) is 32.1. The smallest absolute Gasteiger partial charge is 0.338 e. The van der Waals surface area contributed by atoms with Gasteiger partial charge < -0.3 is 23.7 Å². The van der Waals surface area contributed by atoms with Crippen LogP contribution in [0.25, 0.3) is 0 Å². The number of ether oxygens (including phenoxy) is 5. The highest BCUT2D eigenvalue weighted by atomic mass is 79.9. The van der Waals surface area contributed by atoms with Crippen LogP contribution in [0.15, 0.2) is 121 Å². The molecule has 5 rings (SSSR count). The van der Waals surface area contributed by atoms with E-state index >= 15 is 0 Å². The van der Waals surface area contributed by atoms with Crippen molar-refractivity contribution < 1.29 is 42.9 Å². The average Bonchev–Trinajstić information content (AvgIpc) is 3.11. The number of rotatable bonds is 9. The third-order valence-electron chi connectivity index (χ3n) is 6.97. The highest BCUT2D eigenvalue weighted by Crippen LogP contribution is 2.40. The van der Waals surface area contributed by atoms with Gasteiger partial charge in [0.2, 0.25) is 0 Å². The molecule has 232 valence electrons. The van der Waals surface area contributed by atoms with Gasteiger partial charge in [-0.3, -0.25) is 0 Å². The minimum Gasteiger partial charge on any atom is -0.459 e. The van der Waals surface area contributed by atoms with Crippen LogP contribution in [0.1, 0.15) is 41.4 Å². The molecule has 0 amide bonds. The molecule has 1 fully saturated rings. The summed E-state index contributed by atoms with van der Waals surface area (Å²) in [6.07, 6.45) is -6.20. The number of nitrogens with zero attached hydrogens (tertiary/aromatic N) is 1. The Labute approximate surface area is 272 Å². The maximum Gasteiger partial charge on any atom is 0.338 e. The number of carbonyl (C=O) groups excluding carboxylic acids is 4. The van der Waals surface area contributed by atoms with Crippen LogP contribution >= 0.6 is 15.9 Å². The number of hydrogen-bond donors (Lipinski definition) is 0. The van der Waals surface area contributed by atoms with E-state index < -0.39 is 59.4 Å². The molecule has 1 aliphatic heterocycles. The van der Waals surface area contributed by atoms with Crippen molar-refractivity contribution in [3.63, 3.8) is 0 Å². The van der Waals surface area contributed by atoms with Crippen molar-refractivity contribution in [3.05, 3.63) is 144 Å². The van der Waals surface area contributed by atoms with Crippen LogP contribution in [0.3, 0.4) is 0 Å². The van der Waals surface area contributed by atoms with Crippen molar-refractivity contribution in [2.45, 2.75) is 28.9 Å². The van der Waals surface area contributed by atoms with E-state index in [4.69, 9.17) is 23.7 Å². The second-order valence-electron chi connectivity index (χ2n) is 10.0. The Kier molecular flexibility index (Phi) is 10.2. The number of esters is 4. The first-order chi connectivity index (χ1) is 22.3. The van der Waals surface area contributed by atoms with E-state index in [2.05, 4.69) is 15.9 Å². The summed E-state index contributed by atoms with van der Waals surface area (Å²) in [6, 6.07) is 33.9. The lowest BCUT2D eigenvalue weighted by Gasteiger charge is -2.46. The number of hydrogen-bond acceptors (Lipinski definition) is 10. The standard InChI is InChI=1S/C35H26BrNO9/c36-35(22-37)30(45-34(41)26-19-11-4-12-20-26)29(44-33(40)25-17-9-3-10-18-25)28(43-32(39)24-15-7-2-8-16-24)27(46-35)21-42-31(38)23-13-5-1-6-14-23/h1-20,27-30H,21H2/t27?,28-,29-,30?,35+/m1/s1. The van der Waals surface area contributed by atoms with Gasteiger partial charge in [-0.25, -0.2) is 19.2 Å². The van der Waals surface area contributed by atoms with Crippen LogP contribution < -0.4 is 0 Å². The minimum atomic E-state index is -2.14. The second-order valence-corrected chi connectivity index (χ2v) is 11.2. The van der Waals surface area contributed by atoms with E-state index in [-0.39, 0.29) is 22.3 Å². The van der Waals surface area contributed by atoms with Crippen molar-refractivity contribution in [3.8, 4) is 6.07 Å². The lowest BCUT2D eigenvalue weighted by atomic mass is 9.94. The summed E-state index contributed by atoms with van der Waals surface area (Å²) in [4.78, 5) is 53.0. The van der Waals surface area contributed by atoms with Gasteiger partial charge in [-0.15, -0.1) is 0 Å². The van der Waals surface area contributed by atoms with Crippen molar-refractivity contribution in [2.75, 3.05) is 6.61 Å². The Morgan fingerprint density at radius 1 is 0.609 bits per heavy atom. The Bertz CT molecular complexity index is 1710. The number of alkyl halides is 1. The molecule has 4 aromatic carbocycles. The first-order valence-electron chi connectivity index (χ1n) is 14.1. The molecule has 0 radical (unpaired) electrons. The van der Waals surface area contributed by atoms with Gasteiger partial charge in [0.1, 0.15) is 18.8 Å². The number of halogens is 1. The fourth-order valence-electron chi connectivity index (χ4n) is 4.69. The van der Waals surface area contributed by atoms with Gasteiger partial charge >= 0.3 is 23.9 Å². The monoisotopic (exact) mass is 683 g/mol. The normalized spacial score (nSPS) is 22.0. The lowest BCUT2D eigenvalue weighted by Crippen LogP contribution is -2.65. The zero-order chi connectivity index (χ0) is 32.5. The van der Waals surface area contributed by atoms with Crippen LogP contribution in [-0.4, -0.2) is 59.4 Å². The molecule has 0 aliphatic carbocycles. The summed E-state index contributed by atoms with van der Waals surface area (Å²) < 4.78 is 27.0. The van der Waals surface area contributed by atoms with E-state index in [0.29, 0.717) is 0 Å². The maximum atomic E-state index is 13.4. The van der Waals surface area contributed by atoms with Crippen molar-refractivity contribution in [1.29, 1.82) is 5.26 Å². The van der Waals surface area contributed by atoms with Gasteiger partial charge in [0.25, 0.3) is 4.51 Å². The van der Waals surface area contributed by atoms with Gasteiger partial charge in [-0.05, 0) is 64.5 Å². The number of carbonyl (C=O) groups is 4. The lowest BCUT2D eigenvalue weighted by molar-refractivity contribution is -0.224. The molecule has 0 spiro atoms. The van der Waals surface area contributed by atoms with Gasteiger partial charge in [0.15, 0.2) is 18.3 Å². The predicted octanol–water partition coefficient (Wildman–Crippen LogP) is 5.53. The average molecular weight is 684 g/mol. The van der Waals surface area contributed by atoms with Crippen LogP contribution in [0.4, 0.5) is 0 Å². The van der Waals surface area contributed by atoms with Crippen LogP contribution in [0, 0.1) is 11.3 Å². The fraction of sp³-hybridized carbons (Fsp3) is 0.171. The molecule has 0 aromatic heterocycles.